The molecule has 114 valence electrons. The molecule has 0 radical (unpaired) electrons. The van der Waals surface area contributed by atoms with Gasteiger partial charge in [0.05, 0.1) is 6.54 Å². The zero-order chi connectivity index (χ0) is 15.4. The van der Waals surface area contributed by atoms with Crippen molar-refractivity contribution in [3.8, 4) is 0 Å². The van der Waals surface area contributed by atoms with E-state index in [1.807, 2.05) is 0 Å². The molecule has 0 aliphatic carbocycles. The minimum absolute atomic E-state index is 0.489. The van der Waals surface area contributed by atoms with E-state index in [-0.39, 0.29) is 0 Å². The van der Waals surface area contributed by atoms with Crippen LogP contribution >= 0.6 is 27.3 Å². The normalized spacial score (nSPS) is 11.1. The number of rotatable bonds is 6. The Labute approximate surface area is 139 Å². The van der Waals surface area contributed by atoms with Gasteiger partial charge in [-0.15, -0.1) is 11.3 Å². The predicted octanol–water partition coefficient (Wildman–Crippen LogP) is 4.35. The van der Waals surface area contributed by atoms with Crippen molar-refractivity contribution in [2.75, 3.05) is 11.9 Å². The SMILES string of the molecule is Cc1cc(CNC(C)C)cc(N(C)Cc2cc(Br)cs2)n1. The quantitative estimate of drug-likeness (QED) is 0.822. The average molecular weight is 368 g/mol. The topological polar surface area (TPSA) is 28.2 Å². The highest BCUT2D eigenvalue weighted by Gasteiger charge is 2.08. The molecule has 0 bridgehead atoms. The lowest BCUT2D eigenvalue weighted by molar-refractivity contribution is 0.588. The first-order valence-corrected chi connectivity index (χ1v) is 8.76. The summed E-state index contributed by atoms with van der Waals surface area (Å²) in [6.07, 6.45) is 0. The van der Waals surface area contributed by atoms with Crippen LogP contribution in [0.5, 0.6) is 0 Å². The number of thiophene rings is 1. The maximum atomic E-state index is 4.65. The molecule has 0 unspecified atom stereocenters. The zero-order valence-corrected chi connectivity index (χ0v) is 15.4. The van der Waals surface area contributed by atoms with Gasteiger partial charge in [0.15, 0.2) is 0 Å². The maximum Gasteiger partial charge on any atom is 0.129 e. The lowest BCUT2D eigenvalue weighted by atomic mass is 10.2. The number of aryl methyl sites for hydroxylation is 1. The first kappa shape index (κ1) is 16.5. The van der Waals surface area contributed by atoms with Crippen LogP contribution in [0.15, 0.2) is 28.1 Å². The fourth-order valence-electron chi connectivity index (χ4n) is 2.09. The molecule has 21 heavy (non-hydrogen) atoms. The van der Waals surface area contributed by atoms with Gasteiger partial charge in [-0.2, -0.15) is 0 Å². The van der Waals surface area contributed by atoms with Crippen molar-refractivity contribution in [3.05, 3.63) is 44.2 Å². The molecule has 0 atom stereocenters. The average Bonchev–Trinajstić information content (AvgIpc) is 2.81. The van der Waals surface area contributed by atoms with Crippen LogP contribution in [0.2, 0.25) is 0 Å². The van der Waals surface area contributed by atoms with Gasteiger partial charge in [-0.1, -0.05) is 13.8 Å². The first-order valence-electron chi connectivity index (χ1n) is 7.09. The van der Waals surface area contributed by atoms with Gasteiger partial charge in [0.25, 0.3) is 0 Å². The molecule has 3 nitrogen and oxygen atoms in total. The van der Waals surface area contributed by atoms with Gasteiger partial charge in [-0.3, -0.25) is 0 Å². The second kappa shape index (κ2) is 7.38. The summed E-state index contributed by atoms with van der Waals surface area (Å²) in [5.41, 5.74) is 2.35. The summed E-state index contributed by atoms with van der Waals surface area (Å²) in [5, 5.41) is 5.57. The van der Waals surface area contributed by atoms with Crippen molar-refractivity contribution in [3.63, 3.8) is 0 Å². The zero-order valence-electron chi connectivity index (χ0n) is 13.0. The van der Waals surface area contributed by atoms with Crippen LogP contribution in [0.1, 0.15) is 30.0 Å². The maximum absolute atomic E-state index is 4.65. The Morgan fingerprint density at radius 1 is 1.33 bits per heavy atom. The molecule has 2 heterocycles. The Balaban J connectivity index is 2.10. The summed E-state index contributed by atoms with van der Waals surface area (Å²) < 4.78 is 1.15. The van der Waals surface area contributed by atoms with E-state index in [4.69, 9.17) is 0 Å². The summed E-state index contributed by atoms with van der Waals surface area (Å²) in [7, 11) is 2.09. The third-order valence-corrected chi connectivity index (χ3v) is 4.80. The summed E-state index contributed by atoms with van der Waals surface area (Å²) in [6, 6.07) is 6.97. The Morgan fingerprint density at radius 3 is 2.71 bits per heavy atom. The van der Waals surface area contributed by atoms with Crippen LogP contribution in [0.25, 0.3) is 0 Å². The highest BCUT2D eigenvalue weighted by atomic mass is 79.9. The number of aromatic nitrogens is 1. The standard InChI is InChI=1S/C16H22BrN3S/c1-11(2)18-8-13-5-12(3)19-16(6-13)20(4)9-15-7-14(17)10-21-15/h5-7,10-11,18H,8-9H2,1-4H3. The molecule has 2 aromatic heterocycles. The lowest BCUT2D eigenvalue weighted by Crippen LogP contribution is -2.23. The van der Waals surface area contributed by atoms with Crippen molar-refractivity contribution < 1.29 is 0 Å². The van der Waals surface area contributed by atoms with Crippen LogP contribution < -0.4 is 10.2 Å². The number of halogens is 1. The summed E-state index contributed by atoms with van der Waals surface area (Å²) >= 11 is 5.27. The van der Waals surface area contributed by atoms with Crippen LogP contribution in [0.4, 0.5) is 5.82 Å². The second-order valence-corrected chi connectivity index (χ2v) is 7.51. The molecule has 0 saturated carbocycles. The molecule has 2 rings (SSSR count). The molecule has 0 aromatic carbocycles. The minimum Gasteiger partial charge on any atom is -0.355 e. The number of nitrogens with zero attached hydrogens (tertiary/aromatic N) is 2. The van der Waals surface area contributed by atoms with E-state index in [9.17, 15) is 0 Å². The Kier molecular flexibility index (Phi) is 5.79. The van der Waals surface area contributed by atoms with E-state index in [2.05, 4.69) is 82.5 Å². The molecule has 2 aromatic rings. The number of hydrogen-bond acceptors (Lipinski definition) is 4. The Bertz CT molecular complexity index is 595. The third-order valence-electron chi connectivity index (χ3n) is 3.12. The van der Waals surface area contributed by atoms with Crippen molar-refractivity contribution in [2.24, 2.45) is 0 Å². The van der Waals surface area contributed by atoms with Crippen LogP contribution in [-0.4, -0.2) is 18.1 Å². The van der Waals surface area contributed by atoms with Gasteiger partial charge >= 0.3 is 0 Å². The largest absolute Gasteiger partial charge is 0.355 e. The van der Waals surface area contributed by atoms with Crippen molar-refractivity contribution in [2.45, 2.75) is 39.9 Å². The van der Waals surface area contributed by atoms with Gasteiger partial charge < -0.3 is 10.2 Å². The van der Waals surface area contributed by atoms with Crippen LogP contribution in [0, 0.1) is 6.92 Å². The van der Waals surface area contributed by atoms with E-state index in [0.29, 0.717) is 6.04 Å². The summed E-state index contributed by atoms with van der Waals surface area (Å²) in [6.45, 7) is 8.14. The number of hydrogen-bond donors (Lipinski definition) is 1. The second-order valence-electron chi connectivity index (χ2n) is 5.60. The predicted molar refractivity (Wildman–Crippen MR) is 95.1 cm³/mol. The number of anilines is 1. The van der Waals surface area contributed by atoms with E-state index < -0.39 is 0 Å². The summed E-state index contributed by atoms with van der Waals surface area (Å²) in [4.78, 5) is 8.18. The highest BCUT2D eigenvalue weighted by molar-refractivity contribution is 9.10. The Morgan fingerprint density at radius 2 is 2.10 bits per heavy atom. The molecule has 0 amide bonds. The van der Waals surface area contributed by atoms with Gasteiger partial charge in [0, 0.05) is 40.1 Å². The molecule has 1 N–H and O–H groups in total. The van der Waals surface area contributed by atoms with Crippen molar-refractivity contribution in [1.82, 2.24) is 10.3 Å². The first-order chi connectivity index (χ1) is 9.94. The molecule has 0 fully saturated rings. The number of nitrogens with one attached hydrogen (secondary N) is 1. The molecule has 0 aliphatic heterocycles. The lowest BCUT2D eigenvalue weighted by Gasteiger charge is -2.19. The third kappa shape index (κ3) is 5.09. The van der Waals surface area contributed by atoms with Gasteiger partial charge in [0.2, 0.25) is 0 Å². The molecular formula is C16H22BrN3S. The summed E-state index contributed by atoms with van der Waals surface area (Å²) in [5.74, 6) is 1.03. The molecule has 0 spiro atoms. The Hall–Kier alpha value is -0.910. The monoisotopic (exact) mass is 367 g/mol. The highest BCUT2D eigenvalue weighted by Crippen LogP contribution is 2.23. The molecule has 5 heteroatoms. The van der Waals surface area contributed by atoms with Gasteiger partial charge in [-0.05, 0) is 46.6 Å². The number of pyridine rings is 1. The van der Waals surface area contributed by atoms with Crippen molar-refractivity contribution in [1.29, 1.82) is 0 Å². The molecular weight excluding hydrogens is 346 g/mol. The van der Waals surface area contributed by atoms with E-state index in [0.717, 1.165) is 29.1 Å². The fraction of sp³-hybridized carbons (Fsp3) is 0.438. The van der Waals surface area contributed by atoms with E-state index in [1.165, 1.54) is 10.4 Å². The van der Waals surface area contributed by atoms with Crippen LogP contribution in [0.3, 0.4) is 0 Å². The minimum atomic E-state index is 0.489. The van der Waals surface area contributed by atoms with Gasteiger partial charge in [-0.25, -0.2) is 4.98 Å². The van der Waals surface area contributed by atoms with Gasteiger partial charge in [0.1, 0.15) is 5.82 Å². The van der Waals surface area contributed by atoms with E-state index in [1.54, 1.807) is 11.3 Å². The molecule has 0 aliphatic rings. The van der Waals surface area contributed by atoms with Crippen LogP contribution in [-0.2, 0) is 13.1 Å². The van der Waals surface area contributed by atoms with E-state index >= 15 is 0 Å². The molecule has 0 saturated heterocycles. The fourth-order valence-corrected chi connectivity index (χ4v) is 3.60. The smallest absolute Gasteiger partial charge is 0.129 e. The van der Waals surface area contributed by atoms with Crippen molar-refractivity contribution >= 4 is 33.1 Å².